The van der Waals surface area contributed by atoms with Gasteiger partial charge in [0, 0.05) is 20.1 Å². The van der Waals surface area contributed by atoms with Crippen LogP contribution in [0.3, 0.4) is 0 Å². The number of rotatable bonds is 5. The zero-order valence-corrected chi connectivity index (χ0v) is 8.62. The topological polar surface area (TPSA) is 70.3 Å². The molecule has 2 N–H and O–H groups in total. The van der Waals surface area contributed by atoms with Gasteiger partial charge in [-0.3, -0.25) is 0 Å². The van der Waals surface area contributed by atoms with Crippen molar-refractivity contribution in [2.24, 2.45) is 0 Å². The average Bonchev–Trinajstić information content (AvgIpc) is 2.18. The van der Waals surface area contributed by atoms with Crippen molar-refractivity contribution < 1.29 is 9.47 Å². The molecule has 14 heavy (non-hydrogen) atoms. The highest BCUT2D eigenvalue weighted by Gasteiger charge is 2.04. The zero-order valence-electron chi connectivity index (χ0n) is 7.86. The Hall–Kier alpha value is -1.07. The van der Waals surface area contributed by atoms with Gasteiger partial charge >= 0.3 is 0 Å². The molecule has 0 spiro atoms. The summed E-state index contributed by atoms with van der Waals surface area (Å²) < 4.78 is 10.1. The normalized spacial score (nSPS) is 10.1. The van der Waals surface area contributed by atoms with Crippen molar-refractivity contribution in [2.45, 2.75) is 6.42 Å². The third kappa shape index (κ3) is 3.35. The van der Waals surface area contributed by atoms with E-state index in [9.17, 15) is 0 Å². The number of nitrogens with zero attached hydrogens (tertiary/aromatic N) is 2. The Labute approximate surface area is 87.2 Å². The van der Waals surface area contributed by atoms with E-state index in [1.807, 2.05) is 0 Å². The number of ether oxygens (including phenoxy) is 2. The van der Waals surface area contributed by atoms with Gasteiger partial charge in [-0.2, -0.15) is 4.98 Å². The maximum Gasteiger partial charge on any atom is 0.237 e. The van der Waals surface area contributed by atoms with Crippen molar-refractivity contribution in [3.8, 4) is 5.88 Å². The lowest BCUT2D eigenvalue weighted by Gasteiger charge is -2.06. The van der Waals surface area contributed by atoms with Gasteiger partial charge in [0.2, 0.25) is 11.8 Å². The Bertz CT molecular complexity index is 296. The molecule has 0 unspecified atom stereocenters. The molecule has 1 rings (SSSR count). The van der Waals surface area contributed by atoms with Gasteiger partial charge in [-0.1, -0.05) is 11.6 Å². The molecule has 5 nitrogen and oxygen atoms in total. The summed E-state index contributed by atoms with van der Waals surface area (Å²) in [7, 11) is 1.63. The molecule has 0 aliphatic heterocycles. The maximum atomic E-state index is 5.77. The van der Waals surface area contributed by atoms with E-state index >= 15 is 0 Å². The van der Waals surface area contributed by atoms with Gasteiger partial charge < -0.3 is 15.2 Å². The first-order valence-corrected chi connectivity index (χ1v) is 4.51. The molecule has 1 aromatic rings. The Kier molecular flexibility index (Phi) is 4.42. The van der Waals surface area contributed by atoms with Gasteiger partial charge in [0.1, 0.15) is 5.02 Å². The summed E-state index contributed by atoms with van der Waals surface area (Å²) in [5.74, 6) is 0.464. The Morgan fingerprint density at radius 3 is 3.00 bits per heavy atom. The van der Waals surface area contributed by atoms with Crippen LogP contribution in [-0.4, -0.2) is 30.3 Å². The number of nitrogens with two attached hydrogens (primary N) is 1. The van der Waals surface area contributed by atoms with Crippen LogP contribution in [0, 0.1) is 0 Å². The second kappa shape index (κ2) is 5.62. The van der Waals surface area contributed by atoms with E-state index in [1.165, 1.54) is 6.20 Å². The van der Waals surface area contributed by atoms with Crippen LogP contribution in [0.1, 0.15) is 6.42 Å². The molecule has 0 saturated heterocycles. The van der Waals surface area contributed by atoms with Gasteiger partial charge in [0.25, 0.3) is 0 Å². The van der Waals surface area contributed by atoms with Crippen LogP contribution >= 0.6 is 11.6 Å². The van der Waals surface area contributed by atoms with Gasteiger partial charge in [-0.15, -0.1) is 0 Å². The number of aromatic nitrogens is 2. The quantitative estimate of drug-likeness (QED) is 0.749. The molecular formula is C8H12ClN3O2. The second-order valence-electron chi connectivity index (χ2n) is 2.58. The molecule has 0 bridgehead atoms. The average molecular weight is 218 g/mol. The summed E-state index contributed by atoms with van der Waals surface area (Å²) in [4.78, 5) is 7.56. The predicted molar refractivity (Wildman–Crippen MR) is 53.4 cm³/mol. The minimum absolute atomic E-state index is 0.149. The number of nitrogen functional groups attached to an aromatic ring is 1. The van der Waals surface area contributed by atoms with Crippen molar-refractivity contribution >= 4 is 17.5 Å². The summed E-state index contributed by atoms with van der Waals surface area (Å²) in [6.07, 6.45) is 2.19. The van der Waals surface area contributed by atoms with E-state index in [0.717, 1.165) is 6.42 Å². The number of hydrogen-bond acceptors (Lipinski definition) is 5. The molecule has 78 valence electrons. The SMILES string of the molecule is COCCCOc1nc(N)ncc1Cl. The summed E-state index contributed by atoms with van der Waals surface area (Å²) in [6.45, 7) is 1.13. The van der Waals surface area contributed by atoms with Crippen molar-refractivity contribution in [2.75, 3.05) is 26.1 Å². The summed E-state index contributed by atoms with van der Waals surface area (Å²) in [5.41, 5.74) is 5.37. The molecule has 0 atom stereocenters. The van der Waals surface area contributed by atoms with E-state index < -0.39 is 0 Å². The first kappa shape index (κ1) is 11.0. The summed E-state index contributed by atoms with van der Waals surface area (Å²) >= 11 is 5.77. The Morgan fingerprint density at radius 2 is 2.29 bits per heavy atom. The van der Waals surface area contributed by atoms with Crippen LogP contribution in [-0.2, 0) is 4.74 Å². The van der Waals surface area contributed by atoms with Gasteiger partial charge in [-0.25, -0.2) is 4.98 Å². The fourth-order valence-electron chi connectivity index (χ4n) is 0.838. The van der Waals surface area contributed by atoms with Crippen molar-refractivity contribution in [1.82, 2.24) is 9.97 Å². The Balaban J connectivity index is 2.45. The van der Waals surface area contributed by atoms with Gasteiger partial charge in [0.05, 0.1) is 12.8 Å². The van der Waals surface area contributed by atoms with E-state index in [0.29, 0.717) is 24.1 Å². The molecule has 0 aliphatic rings. The standard InChI is InChI=1S/C8H12ClN3O2/c1-13-3-2-4-14-7-6(9)5-11-8(10)12-7/h5H,2-4H2,1H3,(H2,10,11,12). The van der Waals surface area contributed by atoms with Crippen LogP contribution in [0.5, 0.6) is 5.88 Å². The van der Waals surface area contributed by atoms with Crippen LogP contribution < -0.4 is 10.5 Å². The molecule has 0 fully saturated rings. The highest BCUT2D eigenvalue weighted by molar-refractivity contribution is 6.31. The lowest BCUT2D eigenvalue weighted by atomic mass is 10.5. The van der Waals surface area contributed by atoms with Crippen molar-refractivity contribution in [1.29, 1.82) is 0 Å². The Morgan fingerprint density at radius 1 is 1.50 bits per heavy atom. The lowest BCUT2D eigenvalue weighted by molar-refractivity contribution is 0.170. The first-order valence-electron chi connectivity index (χ1n) is 4.14. The highest BCUT2D eigenvalue weighted by Crippen LogP contribution is 2.20. The number of methoxy groups -OCH3 is 1. The summed E-state index contributed by atoms with van der Waals surface area (Å²) in [6, 6.07) is 0. The monoisotopic (exact) mass is 217 g/mol. The smallest absolute Gasteiger partial charge is 0.237 e. The molecule has 0 aromatic carbocycles. The van der Waals surface area contributed by atoms with Crippen LogP contribution in [0.15, 0.2) is 6.20 Å². The summed E-state index contributed by atoms with van der Waals surface area (Å²) in [5, 5.41) is 0.358. The van der Waals surface area contributed by atoms with E-state index in [2.05, 4.69) is 9.97 Å². The van der Waals surface area contributed by atoms with Crippen molar-refractivity contribution in [3.63, 3.8) is 0 Å². The maximum absolute atomic E-state index is 5.77. The van der Waals surface area contributed by atoms with Crippen LogP contribution in [0.2, 0.25) is 5.02 Å². The molecule has 0 radical (unpaired) electrons. The molecule has 0 saturated carbocycles. The first-order chi connectivity index (χ1) is 6.74. The molecule has 1 aromatic heterocycles. The second-order valence-corrected chi connectivity index (χ2v) is 2.98. The molecule has 1 heterocycles. The molecule has 0 aliphatic carbocycles. The number of anilines is 1. The number of hydrogen-bond donors (Lipinski definition) is 1. The van der Waals surface area contributed by atoms with Gasteiger partial charge in [0.15, 0.2) is 0 Å². The third-order valence-corrected chi connectivity index (χ3v) is 1.72. The highest BCUT2D eigenvalue weighted by atomic mass is 35.5. The van der Waals surface area contributed by atoms with Crippen molar-refractivity contribution in [3.05, 3.63) is 11.2 Å². The van der Waals surface area contributed by atoms with Gasteiger partial charge in [-0.05, 0) is 0 Å². The largest absolute Gasteiger partial charge is 0.476 e. The lowest BCUT2D eigenvalue weighted by Crippen LogP contribution is -2.04. The van der Waals surface area contributed by atoms with Crippen LogP contribution in [0.4, 0.5) is 5.95 Å². The minimum Gasteiger partial charge on any atom is -0.476 e. The van der Waals surface area contributed by atoms with E-state index in [-0.39, 0.29) is 5.95 Å². The van der Waals surface area contributed by atoms with E-state index in [4.69, 9.17) is 26.8 Å². The molecule has 6 heteroatoms. The predicted octanol–water partition coefficient (Wildman–Crippen LogP) is 1.13. The van der Waals surface area contributed by atoms with E-state index in [1.54, 1.807) is 7.11 Å². The molecular weight excluding hydrogens is 206 g/mol. The molecule has 0 amide bonds. The number of halogens is 1. The fraction of sp³-hybridized carbons (Fsp3) is 0.500. The zero-order chi connectivity index (χ0) is 10.4. The fourth-order valence-corrected chi connectivity index (χ4v) is 0.983. The minimum atomic E-state index is 0.149. The third-order valence-electron chi connectivity index (χ3n) is 1.46. The van der Waals surface area contributed by atoms with Crippen LogP contribution in [0.25, 0.3) is 0 Å².